The second-order valence-corrected chi connectivity index (χ2v) is 3.23. The summed E-state index contributed by atoms with van der Waals surface area (Å²) in [6.07, 6.45) is 3.01. The molecule has 0 radical (unpaired) electrons. The van der Waals surface area contributed by atoms with Gasteiger partial charge >= 0.3 is 0 Å². The summed E-state index contributed by atoms with van der Waals surface area (Å²) in [5, 5.41) is 0. The Morgan fingerprint density at radius 3 is 2.73 bits per heavy atom. The quantitative estimate of drug-likeness (QED) is 0.712. The topological polar surface area (TPSA) is 44.5 Å². The highest BCUT2D eigenvalue weighted by Gasteiger charge is 2.12. The van der Waals surface area contributed by atoms with Crippen LogP contribution < -0.4 is 9.47 Å². The highest BCUT2D eigenvalue weighted by molar-refractivity contribution is 5.63. The van der Waals surface area contributed by atoms with Gasteiger partial charge in [0.05, 0.1) is 0 Å². The molecule has 0 bridgehead atoms. The molecule has 0 amide bonds. The van der Waals surface area contributed by atoms with Gasteiger partial charge in [0.15, 0.2) is 17.9 Å². The third-order valence-corrected chi connectivity index (χ3v) is 2.27. The molecule has 1 aliphatic rings. The number of nitrogens with zero attached hydrogens (tertiary/aromatic N) is 1. The van der Waals surface area contributed by atoms with Crippen LogP contribution in [0.4, 0.5) is 0 Å². The Labute approximate surface area is 86.5 Å². The third kappa shape index (κ3) is 1.44. The van der Waals surface area contributed by atoms with E-state index in [2.05, 4.69) is 4.98 Å². The summed E-state index contributed by atoms with van der Waals surface area (Å²) in [4.78, 5) is 4.07. The van der Waals surface area contributed by atoms with Crippen molar-refractivity contribution in [2.75, 3.05) is 13.2 Å². The van der Waals surface area contributed by atoms with Crippen LogP contribution in [0.1, 0.15) is 0 Å². The number of oxazole rings is 1. The second-order valence-electron chi connectivity index (χ2n) is 3.23. The Bertz CT molecular complexity index is 465. The maximum Gasteiger partial charge on any atom is 0.181 e. The number of fused-ring (bicyclic) bond motifs is 1. The molecule has 15 heavy (non-hydrogen) atoms. The van der Waals surface area contributed by atoms with Crippen LogP contribution in [0.3, 0.4) is 0 Å². The Morgan fingerprint density at radius 2 is 1.93 bits per heavy atom. The summed E-state index contributed by atoms with van der Waals surface area (Å²) in [5.74, 6) is 1.55. The van der Waals surface area contributed by atoms with Crippen LogP contribution in [0.2, 0.25) is 0 Å². The average Bonchev–Trinajstić information content (AvgIpc) is 2.82. The van der Waals surface area contributed by atoms with E-state index in [0.717, 1.165) is 22.8 Å². The van der Waals surface area contributed by atoms with Crippen molar-refractivity contribution in [1.29, 1.82) is 0 Å². The number of hydrogen-bond acceptors (Lipinski definition) is 4. The number of aromatic nitrogens is 1. The predicted molar refractivity (Wildman–Crippen MR) is 52.9 cm³/mol. The van der Waals surface area contributed by atoms with Gasteiger partial charge in [-0.2, -0.15) is 0 Å². The molecule has 0 unspecified atom stereocenters. The molecule has 4 nitrogen and oxygen atoms in total. The first kappa shape index (κ1) is 8.35. The molecule has 0 N–H and O–H groups in total. The number of benzene rings is 1. The van der Waals surface area contributed by atoms with Gasteiger partial charge in [-0.05, 0) is 18.2 Å². The Hall–Kier alpha value is -1.97. The molecule has 3 rings (SSSR count). The van der Waals surface area contributed by atoms with E-state index >= 15 is 0 Å². The number of rotatable bonds is 1. The number of ether oxygens (including phenoxy) is 2. The van der Waals surface area contributed by atoms with E-state index in [9.17, 15) is 0 Å². The van der Waals surface area contributed by atoms with Crippen molar-refractivity contribution in [3.05, 3.63) is 30.9 Å². The van der Waals surface area contributed by atoms with Crippen LogP contribution in [-0.2, 0) is 0 Å². The van der Waals surface area contributed by atoms with Gasteiger partial charge in [0.25, 0.3) is 0 Å². The lowest BCUT2D eigenvalue weighted by Gasteiger charge is -2.18. The fourth-order valence-corrected chi connectivity index (χ4v) is 1.56. The van der Waals surface area contributed by atoms with E-state index in [0.29, 0.717) is 13.2 Å². The first-order valence-electron chi connectivity index (χ1n) is 4.72. The highest BCUT2D eigenvalue weighted by atomic mass is 16.6. The Morgan fingerprint density at radius 1 is 1.07 bits per heavy atom. The monoisotopic (exact) mass is 203 g/mol. The van der Waals surface area contributed by atoms with Crippen LogP contribution in [-0.4, -0.2) is 18.2 Å². The molecule has 0 atom stereocenters. The molecule has 2 aromatic rings. The Kier molecular flexibility index (Phi) is 1.84. The molecule has 2 heterocycles. The molecule has 0 spiro atoms. The zero-order chi connectivity index (χ0) is 10.1. The summed E-state index contributed by atoms with van der Waals surface area (Å²) in [5.41, 5.74) is 1.76. The minimum Gasteiger partial charge on any atom is -0.486 e. The van der Waals surface area contributed by atoms with Crippen molar-refractivity contribution in [2.24, 2.45) is 0 Å². The van der Waals surface area contributed by atoms with Crippen molar-refractivity contribution < 1.29 is 13.9 Å². The van der Waals surface area contributed by atoms with Gasteiger partial charge in [0.1, 0.15) is 25.2 Å². The summed E-state index contributed by atoms with van der Waals surface area (Å²) in [6.45, 7) is 1.20. The van der Waals surface area contributed by atoms with Crippen molar-refractivity contribution in [3.8, 4) is 22.8 Å². The van der Waals surface area contributed by atoms with Crippen LogP contribution >= 0.6 is 0 Å². The summed E-state index contributed by atoms with van der Waals surface area (Å²) in [7, 11) is 0. The van der Waals surface area contributed by atoms with Crippen LogP contribution in [0.25, 0.3) is 11.3 Å². The number of hydrogen-bond donors (Lipinski definition) is 0. The molecule has 1 aromatic heterocycles. The lowest BCUT2D eigenvalue weighted by molar-refractivity contribution is 0.171. The van der Waals surface area contributed by atoms with Gasteiger partial charge in [-0.25, -0.2) is 4.98 Å². The summed E-state index contributed by atoms with van der Waals surface area (Å²) in [6, 6.07) is 5.73. The zero-order valence-corrected chi connectivity index (χ0v) is 7.97. The lowest BCUT2D eigenvalue weighted by atomic mass is 10.1. The molecule has 0 aliphatic carbocycles. The van der Waals surface area contributed by atoms with Gasteiger partial charge in [-0.1, -0.05) is 0 Å². The highest BCUT2D eigenvalue weighted by Crippen LogP contribution is 2.33. The van der Waals surface area contributed by atoms with E-state index in [1.165, 1.54) is 6.39 Å². The molecule has 0 saturated carbocycles. The molecule has 1 aromatic carbocycles. The predicted octanol–water partition coefficient (Wildman–Crippen LogP) is 2.11. The fraction of sp³-hybridized carbons (Fsp3) is 0.182. The van der Waals surface area contributed by atoms with Crippen LogP contribution in [0, 0.1) is 0 Å². The van der Waals surface area contributed by atoms with Gasteiger partial charge in [-0.3, -0.25) is 0 Å². The van der Waals surface area contributed by atoms with Gasteiger partial charge < -0.3 is 13.9 Å². The van der Waals surface area contributed by atoms with Crippen LogP contribution in [0.5, 0.6) is 11.5 Å². The minimum absolute atomic E-state index is 0.593. The van der Waals surface area contributed by atoms with Crippen molar-refractivity contribution in [2.45, 2.75) is 0 Å². The molecular formula is C11H9NO3. The summed E-state index contributed by atoms with van der Waals surface area (Å²) < 4.78 is 15.8. The third-order valence-electron chi connectivity index (χ3n) is 2.27. The minimum atomic E-state index is 0.593. The maximum absolute atomic E-state index is 5.48. The molecule has 0 saturated heterocycles. The molecule has 0 fully saturated rings. The first-order chi connectivity index (χ1) is 7.43. The Balaban J connectivity index is 2.04. The van der Waals surface area contributed by atoms with E-state index < -0.39 is 0 Å². The molecule has 4 heteroatoms. The zero-order valence-electron chi connectivity index (χ0n) is 7.97. The summed E-state index contributed by atoms with van der Waals surface area (Å²) >= 11 is 0. The second kappa shape index (κ2) is 3.31. The van der Waals surface area contributed by atoms with Crippen molar-refractivity contribution in [1.82, 2.24) is 4.98 Å². The largest absolute Gasteiger partial charge is 0.486 e. The van der Waals surface area contributed by atoms with Crippen molar-refractivity contribution in [3.63, 3.8) is 0 Å². The van der Waals surface area contributed by atoms with E-state index in [1.807, 2.05) is 18.2 Å². The standard InChI is InChI=1S/C11H9NO3/c1-2-10-11(15-4-3-14-10)5-8(1)9-6-13-7-12-9/h1-2,5-7H,3-4H2. The molecular weight excluding hydrogens is 194 g/mol. The SMILES string of the molecule is c1nc(-c2ccc3c(c2)OCCO3)co1. The lowest BCUT2D eigenvalue weighted by Crippen LogP contribution is -2.15. The van der Waals surface area contributed by atoms with E-state index in [4.69, 9.17) is 13.9 Å². The molecule has 76 valence electrons. The normalized spacial score (nSPS) is 13.9. The van der Waals surface area contributed by atoms with Gasteiger partial charge in [0, 0.05) is 5.56 Å². The van der Waals surface area contributed by atoms with Gasteiger partial charge in [0.2, 0.25) is 0 Å². The van der Waals surface area contributed by atoms with E-state index in [1.54, 1.807) is 6.26 Å². The van der Waals surface area contributed by atoms with E-state index in [-0.39, 0.29) is 0 Å². The fourth-order valence-electron chi connectivity index (χ4n) is 1.56. The average molecular weight is 203 g/mol. The van der Waals surface area contributed by atoms with Gasteiger partial charge in [-0.15, -0.1) is 0 Å². The maximum atomic E-state index is 5.48. The smallest absolute Gasteiger partial charge is 0.181 e. The molecule has 1 aliphatic heterocycles. The van der Waals surface area contributed by atoms with Crippen molar-refractivity contribution >= 4 is 0 Å². The first-order valence-corrected chi connectivity index (χ1v) is 4.72. The van der Waals surface area contributed by atoms with Crippen LogP contribution in [0.15, 0.2) is 35.3 Å².